The van der Waals surface area contributed by atoms with Crippen molar-refractivity contribution in [3.8, 4) is 5.75 Å². The van der Waals surface area contributed by atoms with Crippen molar-refractivity contribution in [1.29, 1.82) is 0 Å². The Hall–Kier alpha value is -2.00. The van der Waals surface area contributed by atoms with Gasteiger partial charge < -0.3 is 9.47 Å². The fraction of sp³-hybridized carbons (Fsp3) is 0.278. The van der Waals surface area contributed by atoms with Gasteiger partial charge in [-0.05, 0) is 49.6 Å². The smallest absolute Gasteiger partial charge is 0.338 e. The summed E-state index contributed by atoms with van der Waals surface area (Å²) >= 11 is 6.15. The number of esters is 1. The van der Waals surface area contributed by atoms with Gasteiger partial charge in [-0.15, -0.1) is 0 Å². The number of hydrogen-bond donors (Lipinski definition) is 0. The number of benzene rings is 2. The van der Waals surface area contributed by atoms with Crippen LogP contribution in [0.25, 0.3) is 0 Å². The minimum absolute atomic E-state index is 0.289. The van der Waals surface area contributed by atoms with Crippen LogP contribution in [0.4, 0.5) is 0 Å². The van der Waals surface area contributed by atoms with Crippen LogP contribution in [0.15, 0.2) is 30.3 Å². The average Bonchev–Trinajstić information content (AvgIpc) is 2.49. The molecule has 0 saturated heterocycles. The molecule has 3 nitrogen and oxygen atoms in total. The summed E-state index contributed by atoms with van der Waals surface area (Å²) in [7, 11) is 1.37. The van der Waals surface area contributed by atoms with Gasteiger partial charge in [-0.3, -0.25) is 0 Å². The Morgan fingerprint density at radius 3 is 2.50 bits per heavy atom. The van der Waals surface area contributed by atoms with Crippen molar-refractivity contribution in [2.75, 3.05) is 7.11 Å². The second-order valence-electron chi connectivity index (χ2n) is 5.25. The van der Waals surface area contributed by atoms with E-state index in [1.165, 1.54) is 7.11 Å². The molecule has 0 aliphatic heterocycles. The van der Waals surface area contributed by atoms with E-state index >= 15 is 0 Å². The van der Waals surface area contributed by atoms with Crippen LogP contribution in [0.5, 0.6) is 5.75 Å². The molecule has 4 heteroatoms. The summed E-state index contributed by atoms with van der Waals surface area (Å²) in [6, 6.07) is 9.31. The van der Waals surface area contributed by atoms with Crippen molar-refractivity contribution in [2.45, 2.75) is 27.4 Å². The molecule has 0 amide bonds. The first kappa shape index (κ1) is 16.4. The van der Waals surface area contributed by atoms with E-state index in [0.29, 0.717) is 10.6 Å². The van der Waals surface area contributed by atoms with Gasteiger partial charge in [0.05, 0.1) is 12.7 Å². The zero-order valence-corrected chi connectivity index (χ0v) is 14.0. The van der Waals surface area contributed by atoms with Crippen LogP contribution in [0.3, 0.4) is 0 Å². The van der Waals surface area contributed by atoms with Crippen LogP contribution in [0.2, 0.25) is 5.02 Å². The normalized spacial score (nSPS) is 10.4. The van der Waals surface area contributed by atoms with E-state index in [-0.39, 0.29) is 12.6 Å². The SMILES string of the molecule is COC(=O)c1cccc(C)c1COc1cc(Cl)c(C)cc1C. The highest BCUT2D eigenvalue weighted by Gasteiger charge is 2.14. The van der Waals surface area contributed by atoms with Crippen molar-refractivity contribution >= 4 is 17.6 Å². The summed E-state index contributed by atoms with van der Waals surface area (Å²) in [4.78, 5) is 11.9. The third kappa shape index (κ3) is 3.42. The topological polar surface area (TPSA) is 35.5 Å². The van der Waals surface area contributed by atoms with Gasteiger partial charge in [0.1, 0.15) is 12.4 Å². The Morgan fingerprint density at radius 2 is 1.82 bits per heavy atom. The highest BCUT2D eigenvalue weighted by molar-refractivity contribution is 6.31. The molecule has 0 heterocycles. The van der Waals surface area contributed by atoms with Gasteiger partial charge in [0.15, 0.2) is 0 Å². The lowest BCUT2D eigenvalue weighted by Crippen LogP contribution is -2.10. The molecule has 0 aliphatic carbocycles. The molecular weight excluding hydrogens is 300 g/mol. The number of hydrogen-bond acceptors (Lipinski definition) is 3. The molecule has 0 saturated carbocycles. The summed E-state index contributed by atoms with van der Waals surface area (Å²) in [5, 5.41) is 0.665. The molecule has 0 aliphatic rings. The van der Waals surface area contributed by atoms with Crippen LogP contribution in [0.1, 0.15) is 32.6 Å². The number of methoxy groups -OCH3 is 1. The van der Waals surface area contributed by atoms with Crippen LogP contribution < -0.4 is 4.74 Å². The van der Waals surface area contributed by atoms with Gasteiger partial charge in [0, 0.05) is 10.6 Å². The first-order valence-corrected chi connectivity index (χ1v) is 7.38. The molecule has 0 aromatic heterocycles. The summed E-state index contributed by atoms with van der Waals surface area (Å²) in [6.45, 7) is 6.16. The average molecular weight is 319 g/mol. The van der Waals surface area contributed by atoms with E-state index in [1.807, 2.05) is 45.0 Å². The van der Waals surface area contributed by atoms with Gasteiger partial charge in [-0.1, -0.05) is 29.8 Å². The molecule has 2 rings (SSSR count). The first-order valence-electron chi connectivity index (χ1n) is 7.00. The van der Waals surface area contributed by atoms with Crippen LogP contribution >= 0.6 is 11.6 Å². The fourth-order valence-electron chi connectivity index (χ4n) is 2.31. The van der Waals surface area contributed by atoms with Crippen molar-refractivity contribution in [3.63, 3.8) is 0 Å². The van der Waals surface area contributed by atoms with Crippen molar-refractivity contribution in [3.05, 3.63) is 63.2 Å². The molecule has 0 N–H and O–H groups in total. The predicted molar refractivity (Wildman–Crippen MR) is 87.8 cm³/mol. The summed E-state index contributed by atoms with van der Waals surface area (Å²) in [6.07, 6.45) is 0. The molecule has 0 unspecified atom stereocenters. The van der Waals surface area contributed by atoms with Crippen LogP contribution in [-0.4, -0.2) is 13.1 Å². The fourth-order valence-corrected chi connectivity index (χ4v) is 2.46. The van der Waals surface area contributed by atoms with E-state index in [9.17, 15) is 4.79 Å². The number of aryl methyl sites for hydroxylation is 3. The highest BCUT2D eigenvalue weighted by Crippen LogP contribution is 2.27. The highest BCUT2D eigenvalue weighted by atomic mass is 35.5. The molecule has 0 fully saturated rings. The van der Waals surface area contributed by atoms with Gasteiger partial charge in [-0.2, -0.15) is 0 Å². The lowest BCUT2D eigenvalue weighted by atomic mass is 10.0. The van der Waals surface area contributed by atoms with Gasteiger partial charge >= 0.3 is 5.97 Å². The molecule has 2 aromatic carbocycles. The standard InChI is InChI=1S/C18H19ClO3/c1-11-6-5-7-14(18(20)21-4)15(11)10-22-17-9-16(19)12(2)8-13(17)3/h5-9H,10H2,1-4H3. The van der Waals surface area contributed by atoms with Gasteiger partial charge in [-0.25, -0.2) is 4.79 Å². The lowest BCUT2D eigenvalue weighted by Gasteiger charge is -2.14. The Bertz CT molecular complexity index is 708. The van der Waals surface area contributed by atoms with E-state index in [1.54, 1.807) is 6.07 Å². The lowest BCUT2D eigenvalue weighted by molar-refractivity contribution is 0.0597. The number of carbonyl (C=O) groups is 1. The summed E-state index contributed by atoms with van der Waals surface area (Å²) in [5.74, 6) is 0.357. The van der Waals surface area contributed by atoms with Crippen molar-refractivity contribution in [2.24, 2.45) is 0 Å². The minimum atomic E-state index is -0.360. The number of halogens is 1. The Balaban J connectivity index is 2.29. The molecule has 116 valence electrons. The number of ether oxygens (including phenoxy) is 2. The molecule has 22 heavy (non-hydrogen) atoms. The minimum Gasteiger partial charge on any atom is -0.489 e. The molecule has 0 radical (unpaired) electrons. The van der Waals surface area contributed by atoms with E-state index in [0.717, 1.165) is 28.0 Å². The summed E-state index contributed by atoms with van der Waals surface area (Å²) in [5.41, 5.74) is 4.36. The molecular formula is C18H19ClO3. The quantitative estimate of drug-likeness (QED) is 0.771. The van der Waals surface area contributed by atoms with Crippen LogP contribution in [0, 0.1) is 20.8 Å². The number of carbonyl (C=O) groups excluding carboxylic acids is 1. The maximum absolute atomic E-state index is 11.9. The summed E-state index contributed by atoms with van der Waals surface area (Å²) < 4.78 is 10.7. The van der Waals surface area contributed by atoms with Gasteiger partial charge in [0.25, 0.3) is 0 Å². The second-order valence-corrected chi connectivity index (χ2v) is 5.66. The van der Waals surface area contributed by atoms with Crippen LogP contribution in [-0.2, 0) is 11.3 Å². The maximum atomic E-state index is 11.9. The molecule has 0 atom stereocenters. The van der Waals surface area contributed by atoms with E-state index in [2.05, 4.69) is 0 Å². The van der Waals surface area contributed by atoms with E-state index < -0.39 is 0 Å². The number of rotatable bonds is 4. The molecule has 0 bridgehead atoms. The molecule has 2 aromatic rings. The Kier molecular flexibility index (Phi) is 5.09. The van der Waals surface area contributed by atoms with Gasteiger partial charge in [0.2, 0.25) is 0 Å². The second kappa shape index (κ2) is 6.84. The third-order valence-electron chi connectivity index (χ3n) is 3.64. The molecule has 0 spiro atoms. The van der Waals surface area contributed by atoms with E-state index in [4.69, 9.17) is 21.1 Å². The Labute approximate surface area is 135 Å². The monoisotopic (exact) mass is 318 g/mol. The zero-order valence-electron chi connectivity index (χ0n) is 13.2. The third-order valence-corrected chi connectivity index (χ3v) is 4.05. The predicted octanol–water partition coefficient (Wildman–Crippen LogP) is 4.63. The zero-order chi connectivity index (χ0) is 16.3. The van der Waals surface area contributed by atoms with Crippen molar-refractivity contribution < 1.29 is 14.3 Å². The van der Waals surface area contributed by atoms with Crippen molar-refractivity contribution in [1.82, 2.24) is 0 Å². The maximum Gasteiger partial charge on any atom is 0.338 e. The Morgan fingerprint density at radius 1 is 1.09 bits per heavy atom. The largest absolute Gasteiger partial charge is 0.489 e. The first-order chi connectivity index (χ1) is 10.4.